The number of hydrogen-bond donors (Lipinski definition) is 3. The SMILES string of the molecule is COc1cc(N(C)CCN(C)C)c(N)cc1Nc1ncc(Cl)c(-c2c[nH]c3ccccc23)n1.S=S. The van der Waals surface area contributed by atoms with Gasteiger partial charge in [-0.1, -0.05) is 29.8 Å². The van der Waals surface area contributed by atoms with Gasteiger partial charge in [0.25, 0.3) is 0 Å². The number of methoxy groups -OCH3 is 1. The zero-order valence-electron chi connectivity index (χ0n) is 20.0. The third-order valence-electron chi connectivity index (χ3n) is 5.48. The van der Waals surface area contributed by atoms with Crippen LogP contribution in [0.1, 0.15) is 0 Å². The molecule has 0 aliphatic carbocycles. The second kappa shape index (κ2) is 12.1. The molecule has 0 amide bonds. The summed E-state index contributed by atoms with van der Waals surface area (Å²) in [6, 6.07) is 11.8. The zero-order chi connectivity index (χ0) is 25.5. The monoisotopic (exact) mass is 529 g/mol. The highest BCUT2D eigenvalue weighted by Crippen LogP contribution is 2.37. The number of aromatic nitrogens is 3. The third-order valence-corrected chi connectivity index (χ3v) is 5.75. The van der Waals surface area contributed by atoms with Gasteiger partial charge in [0.1, 0.15) is 5.75 Å². The minimum Gasteiger partial charge on any atom is -0.494 e. The van der Waals surface area contributed by atoms with Gasteiger partial charge in [0, 0.05) is 71.2 Å². The van der Waals surface area contributed by atoms with Crippen LogP contribution in [-0.4, -0.2) is 61.2 Å². The number of nitrogens with zero attached hydrogens (tertiary/aromatic N) is 4. The molecular formula is C24H28ClN7OS2. The number of para-hydroxylation sites is 1. The number of fused-ring (bicyclic) bond motifs is 1. The molecule has 0 saturated heterocycles. The zero-order valence-corrected chi connectivity index (χ0v) is 22.4. The normalized spacial score (nSPS) is 10.7. The number of hydrogen-bond acceptors (Lipinski definition) is 9. The Morgan fingerprint density at radius 2 is 1.89 bits per heavy atom. The van der Waals surface area contributed by atoms with Crippen molar-refractivity contribution in [2.45, 2.75) is 0 Å². The summed E-state index contributed by atoms with van der Waals surface area (Å²) in [5, 5.41) is 4.74. The van der Waals surface area contributed by atoms with Crippen LogP contribution in [0.5, 0.6) is 5.75 Å². The molecular weight excluding hydrogens is 502 g/mol. The number of H-pyrrole nitrogens is 1. The molecule has 0 radical (unpaired) electrons. The van der Waals surface area contributed by atoms with Gasteiger partial charge >= 0.3 is 0 Å². The summed E-state index contributed by atoms with van der Waals surface area (Å²) in [4.78, 5) is 16.5. The lowest BCUT2D eigenvalue weighted by molar-refractivity contribution is 0.413. The smallest absolute Gasteiger partial charge is 0.227 e. The Hall–Kier alpha value is -3.05. The highest BCUT2D eigenvalue weighted by Gasteiger charge is 2.16. The predicted molar refractivity (Wildman–Crippen MR) is 152 cm³/mol. The largest absolute Gasteiger partial charge is 0.494 e. The van der Waals surface area contributed by atoms with E-state index in [0.717, 1.165) is 35.2 Å². The molecule has 8 nitrogen and oxygen atoms in total. The summed E-state index contributed by atoms with van der Waals surface area (Å²) in [5.74, 6) is 1.04. The molecule has 2 heterocycles. The van der Waals surface area contributed by atoms with E-state index < -0.39 is 0 Å². The molecule has 0 spiro atoms. The lowest BCUT2D eigenvalue weighted by Crippen LogP contribution is -2.29. The van der Waals surface area contributed by atoms with Crippen molar-refractivity contribution in [3.63, 3.8) is 0 Å². The Morgan fingerprint density at radius 3 is 2.60 bits per heavy atom. The maximum absolute atomic E-state index is 6.46. The molecule has 4 N–H and O–H groups in total. The molecule has 2 aromatic heterocycles. The van der Waals surface area contributed by atoms with Crippen molar-refractivity contribution in [3.05, 3.63) is 53.8 Å². The second-order valence-corrected chi connectivity index (χ2v) is 8.51. The predicted octanol–water partition coefficient (Wildman–Crippen LogP) is 4.61. The number of ether oxygens (including phenoxy) is 1. The first-order valence-electron chi connectivity index (χ1n) is 10.7. The quantitative estimate of drug-likeness (QED) is 0.283. The minimum atomic E-state index is 0.395. The van der Waals surface area contributed by atoms with Gasteiger partial charge in [0.15, 0.2) is 0 Å². The van der Waals surface area contributed by atoms with E-state index in [1.54, 1.807) is 13.3 Å². The van der Waals surface area contributed by atoms with Crippen LogP contribution >= 0.6 is 11.6 Å². The fourth-order valence-electron chi connectivity index (χ4n) is 3.66. The molecule has 0 aliphatic heterocycles. The fraction of sp³-hybridized carbons (Fsp3) is 0.250. The number of likely N-dealkylation sites (N-methyl/N-ethyl adjacent to an activating group) is 2. The number of nitrogens with one attached hydrogen (secondary N) is 2. The second-order valence-electron chi connectivity index (χ2n) is 8.10. The highest BCUT2D eigenvalue weighted by atomic mass is 35.5. The Labute approximate surface area is 220 Å². The van der Waals surface area contributed by atoms with E-state index in [9.17, 15) is 0 Å². The van der Waals surface area contributed by atoms with Crippen LogP contribution in [0.3, 0.4) is 0 Å². The summed E-state index contributed by atoms with van der Waals surface area (Å²) >= 11 is 13.8. The Bertz CT molecular complexity index is 1300. The maximum atomic E-state index is 6.46. The molecule has 0 atom stereocenters. The standard InChI is InChI=1S/C24H28ClN7O.S2/c1-31(2)9-10-32(3)21-12-22(33-4)20(11-18(21)26)29-24-28-14-17(25)23(30-24)16-13-27-19-8-6-5-7-15(16)19;1-2/h5-8,11-14,27H,9-10,26H2,1-4H3,(H,28,29,30);. The van der Waals surface area contributed by atoms with E-state index in [0.29, 0.717) is 33.8 Å². The summed E-state index contributed by atoms with van der Waals surface area (Å²) in [5.41, 5.74) is 11.1. The van der Waals surface area contributed by atoms with Gasteiger partial charge in [0.05, 0.1) is 41.1 Å². The Kier molecular flexibility index (Phi) is 9.16. The summed E-state index contributed by atoms with van der Waals surface area (Å²) < 4.78 is 5.63. The summed E-state index contributed by atoms with van der Waals surface area (Å²) in [6.07, 6.45) is 3.49. The van der Waals surface area contributed by atoms with E-state index >= 15 is 0 Å². The van der Waals surface area contributed by atoms with Crippen LogP contribution < -0.4 is 20.7 Å². The third kappa shape index (κ3) is 6.15. The van der Waals surface area contributed by atoms with Gasteiger partial charge in [-0.05, 0) is 26.2 Å². The van der Waals surface area contributed by atoms with Crippen LogP contribution in [0.2, 0.25) is 5.02 Å². The van der Waals surface area contributed by atoms with Crippen molar-refractivity contribution in [2.24, 2.45) is 0 Å². The number of benzene rings is 2. The number of nitrogen functional groups attached to an aromatic ring is 1. The number of nitrogens with two attached hydrogens (primary N) is 1. The summed E-state index contributed by atoms with van der Waals surface area (Å²) in [6.45, 7) is 1.74. The van der Waals surface area contributed by atoms with Crippen LogP contribution in [-0.2, 0) is 22.4 Å². The van der Waals surface area contributed by atoms with Crippen molar-refractivity contribution in [3.8, 4) is 17.0 Å². The van der Waals surface area contributed by atoms with Crippen molar-refractivity contribution >= 4 is 67.9 Å². The molecule has 4 aromatic rings. The van der Waals surface area contributed by atoms with Gasteiger partial charge in [-0.2, -0.15) is 0 Å². The Balaban J connectivity index is 0.00000167. The van der Waals surface area contributed by atoms with E-state index in [4.69, 9.17) is 22.1 Å². The fourth-order valence-corrected chi connectivity index (χ4v) is 3.85. The molecule has 35 heavy (non-hydrogen) atoms. The molecule has 184 valence electrons. The molecule has 4 rings (SSSR count). The van der Waals surface area contributed by atoms with E-state index in [2.05, 4.69) is 52.4 Å². The number of rotatable bonds is 8. The molecule has 0 aliphatic rings. The molecule has 0 saturated carbocycles. The first kappa shape index (κ1) is 26.6. The molecule has 0 bridgehead atoms. The van der Waals surface area contributed by atoms with Gasteiger partial charge in [-0.15, -0.1) is 0 Å². The van der Waals surface area contributed by atoms with E-state index in [1.807, 2.05) is 63.7 Å². The summed E-state index contributed by atoms with van der Waals surface area (Å²) in [7, 11) is 7.72. The van der Waals surface area contributed by atoms with Crippen molar-refractivity contribution in [2.75, 3.05) is 57.3 Å². The average Bonchev–Trinajstić information content (AvgIpc) is 3.29. The van der Waals surface area contributed by atoms with Gasteiger partial charge in [0.2, 0.25) is 5.95 Å². The van der Waals surface area contributed by atoms with Crippen LogP contribution in [0.25, 0.3) is 22.2 Å². The first-order chi connectivity index (χ1) is 16.9. The molecule has 11 heteroatoms. The molecule has 2 aromatic carbocycles. The van der Waals surface area contributed by atoms with E-state index in [-0.39, 0.29) is 0 Å². The highest BCUT2D eigenvalue weighted by molar-refractivity contribution is 8.07. The van der Waals surface area contributed by atoms with Crippen LogP contribution in [0.15, 0.2) is 48.8 Å². The van der Waals surface area contributed by atoms with Crippen LogP contribution in [0.4, 0.5) is 23.0 Å². The number of anilines is 4. The topological polar surface area (TPSA) is 95.3 Å². The van der Waals surface area contributed by atoms with Crippen LogP contribution in [0, 0.1) is 0 Å². The minimum absolute atomic E-state index is 0.395. The molecule has 0 fully saturated rings. The van der Waals surface area contributed by atoms with Crippen molar-refractivity contribution in [1.82, 2.24) is 19.9 Å². The maximum Gasteiger partial charge on any atom is 0.227 e. The van der Waals surface area contributed by atoms with Crippen molar-refractivity contribution in [1.29, 1.82) is 0 Å². The van der Waals surface area contributed by atoms with Gasteiger partial charge in [-0.25, -0.2) is 9.97 Å². The lowest BCUT2D eigenvalue weighted by atomic mass is 10.1. The lowest BCUT2D eigenvalue weighted by Gasteiger charge is -2.24. The number of aromatic amines is 1. The Morgan fingerprint density at radius 1 is 1.14 bits per heavy atom. The van der Waals surface area contributed by atoms with E-state index in [1.165, 1.54) is 0 Å². The number of halogens is 1. The van der Waals surface area contributed by atoms with Gasteiger partial charge < -0.3 is 30.6 Å². The van der Waals surface area contributed by atoms with Crippen molar-refractivity contribution < 1.29 is 4.74 Å². The average molecular weight is 530 g/mol. The van der Waals surface area contributed by atoms with Gasteiger partial charge in [-0.3, -0.25) is 0 Å². The first-order valence-corrected chi connectivity index (χ1v) is 12.4. The molecule has 0 unspecified atom stereocenters.